The molecule has 0 aliphatic heterocycles. The number of methoxy groups -OCH3 is 2. The van der Waals surface area contributed by atoms with Crippen molar-refractivity contribution in [2.45, 2.75) is 37.3 Å². The lowest BCUT2D eigenvalue weighted by Crippen LogP contribution is -2.21. The fourth-order valence-corrected chi connectivity index (χ4v) is 2.51. The summed E-state index contributed by atoms with van der Waals surface area (Å²) in [5, 5.41) is 12.5. The standard InChI is InChI=1S/C10H18N4O2S/c1-15-9(16-2)7-14-10(11-12-13-14)17-6-5-8-3-4-8/h8-9H,3-7H2,1-2H3. The lowest BCUT2D eigenvalue weighted by molar-refractivity contribution is -0.113. The minimum atomic E-state index is -0.304. The lowest BCUT2D eigenvalue weighted by atomic mass is 10.3. The predicted octanol–water partition coefficient (Wildman–Crippen LogP) is 1.18. The SMILES string of the molecule is COC(Cn1nnnc1SCCC1CC1)OC. The number of hydrogen-bond acceptors (Lipinski definition) is 6. The molecular weight excluding hydrogens is 240 g/mol. The monoisotopic (exact) mass is 258 g/mol. The molecular formula is C10H18N4O2S. The van der Waals surface area contributed by atoms with Gasteiger partial charge in [0.2, 0.25) is 5.16 Å². The third-order valence-electron chi connectivity index (χ3n) is 2.80. The quantitative estimate of drug-likeness (QED) is 0.515. The summed E-state index contributed by atoms with van der Waals surface area (Å²) >= 11 is 1.70. The van der Waals surface area contributed by atoms with Crippen molar-refractivity contribution in [3.05, 3.63) is 0 Å². The van der Waals surface area contributed by atoms with Crippen LogP contribution in [0.1, 0.15) is 19.3 Å². The Morgan fingerprint density at radius 1 is 1.41 bits per heavy atom. The summed E-state index contributed by atoms with van der Waals surface area (Å²) in [6, 6.07) is 0. The molecule has 1 heterocycles. The van der Waals surface area contributed by atoms with Crippen molar-refractivity contribution in [1.29, 1.82) is 0 Å². The van der Waals surface area contributed by atoms with Crippen LogP contribution in [-0.4, -0.2) is 46.5 Å². The molecule has 7 heteroatoms. The molecule has 6 nitrogen and oxygen atoms in total. The predicted molar refractivity (Wildman–Crippen MR) is 63.7 cm³/mol. The molecule has 1 aromatic rings. The first-order valence-electron chi connectivity index (χ1n) is 5.78. The first kappa shape index (κ1) is 12.8. The van der Waals surface area contributed by atoms with Gasteiger partial charge in [-0.1, -0.05) is 24.6 Å². The molecule has 2 rings (SSSR count). The molecule has 0 spiro atoms. The van der Waals surface area contributed by atoms with E-state index in [0.29, 0.717) is 6.54 Å². The van der Waals surface area contributed by atoms with Crippen molar-refractivity contribution in [3.8, 4) is 0 Å². The van der Waals surface area contributed by atoms with Gasteiger partial charge in [-0.05, 0) is 22.8 Å². The Morgan fingerprint density at radius 2 is 2.18 bits per heavy atom. The zero-order valence-electron chi connectivity index (χ0n) is 10.2. The van der Waals surface area contributed by atoms with Crippen LogP contribution in [0.5, 0.6) is 0 Å². The van der Waals surface area contributed by atoms with E-state index in [0.717, 1.165) is 16.8 Å². The molecule has 1 aliphatic rings. The van der Waals surface area contributed by atoms with E-state index in [1.54, 1.807) is 30.7 Å². The number of aromatic nitrogens is 4. The highest BCUT2D eigenvalue weighted by atomic mass is 32.2. The smallest absolute Gasteiger partial charge is 0.209 e. The molecule has 1 fully saturated rings. The van der Waals surface area contributed by atoms with Gasteiger partial charge in [0, 0.05) is 20.0 Å². The molecule has 0 unspecified atom stereocenters. The van der Waals surface area contributed by atoms with Crippen LogP contribution < -0.4 is 0 Å². The van der Waals surface area contributed by atoms with E-state index in [1.807, 2.05) is 0 Å². The molecule has 0 atom stereocenters. The average molecular weight is 258 g/mol. The summed E-state index contributed by atoms with van der Waals surface area (Å²) in [5.41, 5.74) is 0. The number of rotatable bonds is 8. The van der Waals surface area contributed by atoms with E-state index < -0.39 is 0 Å². The summed E-state index contributed by atoms with van der Waals surface area (Å²) in [4.78, 5) is 0. The third-order valence-corrected chi connectivity index (χ3v) is 3.79. The summed E-state index contributed by atoms with van der Waals surface area (Å²) in [5.74, 6) is 2.02. The molecule has 0 aromatic carbocycles. The highest BCUT2D eigenvalue weighted by molar-refractivity contribution is 7.99. The van der Waals surface area contributed by atoms with Crippen molar-refractivity contribution >= 4 is 11.8 Å². The first-order valence-corrected chi connectivity index (χ1v) is 6.76. The molecule has 0 amide bonds. The van der Waals surface area contributed by atoms with Gasteiger partial charge in [-0.2, -0.15) is 0 Å². The van der Waals surface area contributed by atoms with E-state index in [9.17, 15) is 0 Å². The van der Waals surface area contributed by atoms with E-state index in [2.05, 4.69) is 15.5 Å². The minimum Gasteiger partial charge on any atom is -0.354 e. The first-order chi connectivity index (χ1) is 8.33. The van der Waals surface area contributed by atoms with Gasteiger partial charge in [-0.3, -0.25) is 0 Å². The normalized spacial score (nSPS) is 15.7. The van der Waals surface area contributed by atoms with E-state index in [-0.39, 0.29) is 6.29 Å². The molecule has 96 valence electrons. The van der Waals surface area contributed by atoms with Crippen molar-refractivity contribution in [1.82, 2.24) is 20.2 Å². The number of tetrazole rings is 1. The second-order valence-corrected chi connectivity index (χ2v) is 5.19. The Balaban J connectivity index is 1.81. The zero-order valence-corrected chi connectivity index (χ0v) is 11.0. The maximum absolute atomic E-state index is 5.13. The molecule has 0 N–H and O–H groups in total. The van der Waals surface area contributed by atoms with Gasteiger partial charge in [0.1, 0.15) is 0 Å². The number of thioether (sulfide) groups is 1. The molecule has 0 radical (unpaired) electrons. The van der Waals surface area contributed by atoms with Gasteiger partial charge < -0.3 is 9.47 Å². The molecule has 0 saturated heterocycles. The Morgan fingerprint density at radius 3 is 2.82 bits per heavy atom. The number of hydrogen-bond donors (Lipinski definition) is 0. The average Bonchev–Trinajstić information content (AvgIpc) is 3.06. The van der Waals surface area contributed by atoms with Crippen LogP contribution in [0.15, 0.2) is 5.16 Å². The van der Waals surface area contributed by atoms with E-state index in [1.165, 1.54) is 19.3 Å². The second kappa shape index (κ2) is 6.32. The van der Waals surface area contributed by atoms with Crippen LogP contribution >= 0.6 is 11.8 Å². The molecule has 0 bridgehead atoms. The van der Waals surface area contributed by atoms with Gasteiger partial charge in [0.25, 0.3) is 0 Å². The summed E-state index contributed by atoms with van der Waals surface area (Å²) in [7, 11) is 3.22. The maximum atomic E-state index is 5.13. The number of nitrogens with zero attached hydrogens (tertiary/aromatic N) is 4. The Hall–Kier alpha value is -0.660. The van der Waals surface area contributed by atoms with Crippen LogP contribution in [0.4, 0.5) is 0 Å². The highest BCUT2D eigenvalue weighted by Gasteiger charge is 2.21. The van der Waals surface area contributed by atoms with Crippen molar-refractivity contribution in [3.63, 3.8) is 0 Å². The fourth-order valence-electron chi connectivity index (χ4n) is 1.52. The Bertz CT molecular complexity index is 339. The van der Waals surface area contributed by atoms with Gasteiger partial charge in [0.15, 0.2) is 6.29 Å². The topological polar surface area (TPSA) is 62.1 Å². The fraction of sp³-hybridized carbons (Fsp3) is 0.900. The van der Waals surface area contributed by atoms with Crippen LogP contribution in [0.2, 0.25) is 0 Å². The second-order valence-electron chi connectivity index (χ2n) is 4.13. The van der Waals surface area contributed by atoms with Gasteiger partial charge in [-0.15, -0.1) is 5.10 Å². The molecule has 17 heavy (non-hydrogen) atoms. The van der Waals surface area contributed by atoms with Crippen LogP contribution in [0, 0.1) is 5.92 Å². The Kier molecular flexibility index (Phi) is 4.75. The van der Waals surface area contributed by atoms with Crippen LogP contribution in [-0.2, 0) is 16.0 Å². The molecule has 1 aromatic heterocycles. The summed E-state index contributed by atoms with van der Waals surface area (Å²) in [6.07, 6.45) is 3.73. The Labute approximate surface area is 105 Å². The minimum absolute atomic E-state index is 0.304. The van der Waals surface area contributed by atoms with E-state index in [4.69, 9.17) is 9.47 Å². The van der Waals surface area contributed by atoms with Gasteiger partial charge in [-0.25, -0.2) is 4.68 Å². The third kappa shape index (κ3) is 3.93. The lowest BCUT2D eigenvalue weighted by Gasteiger charge is -2.13. The van der Waals surface area contributed by atoms with Crippen molar-refractivity contribution in [2.24, 2.45) is 5.92 Å². The van der Waals surface area contributed by atoms with E-state index >= 15 is 0 Å². The van der Waals surface area contributed by atoms with Crippen LogP contribution in [0.3, 0.4) is 0 Å². The van der Waals surface area contributed by atoms with Crippen LogP contribution in [0.25, 0.3) is 0 Å². The zero-order chi connectivity index (χ0) is 12.1. The maximum Gasteiger partial charge on any atom is 0.209 e. The highest BCUT2D eigenvalue weighted by Crippen LogP contribution is 2.34. The molecule has 1 saturated carbocycles. The van der Waals surface area contributed by atoms with Crippen molar-refractivity contribution in [2.75, 3.05) is 20.0 Å². The molecule has 1 aliphatic carbocycles. The van der Waals surface area contributed by atoms with Crippen molar-refractivity contribution < 1.29 is 9.47 Å². The van der Waals surface area contributed by atoms with Gasteiger partial charge >= 0.3 is 0 Å². The summed E-state index contributed by atoms with van der Waals surface area (Å²) in [6.45, 7) is 0.520. The number of ether oxygens (including phenoxy) is 2. The largest absolute Gasteiger partial charge is 0.354 e. The summed E-state index contributed by atoms with van der Waals surface area (Å²) < 4.78 is 12.0. The van der Waals surface area contributed by atoms with Gasteiger partial charge in [0.05, 0.1) is 6.54 Å².